The van der Waals surface area contributed by atoms with Gasteiger partial charge in [0.05, 0.1) is 13.2 Å². The highest BCUT2D eigenvalue weighted by molar-refractivity contribution is 4.28. The van der Waals surface area contributed by atoms with Crippen molar-refractivity contribution in [3.63, 3.8) is 0 Å². The van der Waals surface area contributed by atoms with Gasteiger partial charge in [-0.15, -0.1) is 0 Å². The molecule has 0 aliphatic rings. The summed E-state index contributed by atoms with van der Waals surface area (Å²) in [7, 11) is 0. The fraction of sp³-hybridized carbons (Fsp3) is 1.00. The average molecular weight is 134 g/mol. The SMILES string of the molecule is [3H]CCCOCCOCC. The molecule has 0 amide bonds. The van der Waals surface area contributed by atoms with Crippen LogP contribution in [0.2, 0.25) is 0 Å². The molecule has 0 aromatic heterocycles. The fourth-order valence-electron chi connectivity index (χ4n) is 0.466. The lowest BCUT2D eigenvalue weighted by Crippen LogP contribution is -2.03. The summed E-state index contributed by atoms with van der Waals surface area (Å²) in [5.74, 6) is 0. The molecule has 0 aliphatic carbocycles. The molecule has 0 bridgehead atoms. The van der Waals surface area contributed by atoms with Gasteiger partial charge in [-0.3, -0.25) is 0 Å². The molecule has 2 heteroatoms. The number of hydrogen-bond donors (Lipinski definition) is 0. The zero-order chi connectivity index (χ0) is 7.66. The van der Waals surface area contributed by atoms with Crippen LogP contribution in [-0.4, -0.2) is 26.4 Å². The summed E-state index contributed by atoms with van der Waals surface area (Å²) in [6, 6.07) is 0. The van der Waals surface area contributed by atoms with Crippen molar-refractivity contribution < 1.29 is 10.8 Å². The summed E-state index contributed by atoms with van der Waals surface area (Å²) in [4.78, 5) is 0. The van der Waals surface area contributed by atoms with Crippen LogP contribution in [0.25, 0.3) is 0 Å². The molecule has 0 saturated carbocycles. The highest BCUT2D eigenvalue weighted by atomic mass is 16.5. The van der Waals surface area contributed by atoms with Crippen molar-refractivity contribution >= 4 is 0 Å². The minimum absolute atomic E-state index is 0.453. The normalized spacial score (nSPS) is 11.4. The smallest absolute Gasteiger partial charge is 0.0700 e. The Morgan fingerprint density at radius 1 is 1.22 bits per heavy atom. The van der Waals surface area contributed by atoms with E-state index in [1.54, 1.807) is 0 Å². The van der Waals surface area contributed by atoms with Gasteiger partial charge >= 0.3 is 0 Å². The summed E-state index contributed by atoms with van der Waals surface area (Å²) in [5.41, 5.74) is 0. The molecule has 0 saturated heterocycles. The Morgan fingerprint density at radius 2 is 2.00 bits per heavy atom. The van der Waals surface area contributed by atoms with Crippen LogP contribution in [0.15, 0.2) is 0 Å². The van der Waals surface area contributed by atoms with E-state index in [0.29, 0.717) is 26.7 Å². The highest BCUT2D eigenvalue weighted by Crippen LogP contribution is 1.80. The number of ether oxygens (including phenoxy) is 2. The molecule has 0 unspecified atom stereocenters. The van der Waals surface area contributed by atoms with Gasteiger partial charge in [-0.1, -0.05) is 6.90 Å². The molecule has 0 fully saturated rings. The maximum atomic E-state index is 6.81. The molecule has 0 aliphatic heterocycles. The third kappa shape index (κ3) is 7.92. The van der Waals surface area contributed by atoms with Crippen molar-refractivity contribution in [2.24, 2.45) is 0 Å². The molecule has 0 aromatic carbocycles. The van der Waals surface area contributed by atoms with E-state index in [4.69, 9.17) is 10.8 Å². The van der Waals surface area contributed by atoms with Crippen molar-refractivity contribution in [3.05, 3.63) is 0 Å². The largest absolute Gasteiger partial charge is 0.379 e. The Morgan fingerprint density at radius 3 is 2.67 bits per heavy atom. The van der Waals surface area contributed by atoms with E-state index in [-0.39, 0.29) is 0 Å². The Labute approximate surface area is 58.6 Å². The molecular formula is C7H16O2. The summed E-state index contributed by atoms with van der Waals surface area (Å²) in [5, 5.41) is 0. The second-order valence-electron chi connectivity index (χ2n) is 1.66. The Balaban J connectivity index is 2.65. The number of rotatable bonds is 6. The standard InChI is InChI=1S/C7H16O2/c1-3-5-9-7-6-8-4-2/h3-7H2,1-2H3/i1T. The summed E-state index contributed by atoms with van der Waals surface area (Å²) >= 11 is 0. The molecule has 56 valence electrons. The maximum absolute atomic E-state index is 6.81. The van der Waals surface area contributed by atoms with Crippen LogP contribution in [0, 0.1) is 0 Å². The maximum Gasteiger partial charge on any atom is 0.0700 e. The van der Waals surface area contributed by atoms with E-state index in [9.17, 15) is 0 Å². The fourth-order valence-corrected chi connectivity index (χ4v) is 0.466. The Kier molecular flexibility index (Phi) is 6.19. The molecule has 0 N–H and O–H groups in total. The molecule has 0 spiro atoms. The second kappa shape index (κ2) is 7.92. The lowest BCUT2D eigenvalue weighted by atomic mass is 10.5. The van der Waals surface area contributed by atoms with Gasteiger partial charge in [0.2, 0.25) is 0 Å². The van der Waals surface area contributed by atoms with E-state index in [1.165, 1.54) is 0 Å². The zero-order valence-electron chi connectivity index (χ0n) is 7.06. The van der Waals surface area contributed by atoms with Crippen molar-refractivity contribution in [3.8, 4) is 0 Å². The van der Waals surface area contributed by atoms with E-state index in [1.807, 2.05) is 6.92 Å². The van der Waals surface area contributed by atoms with Crippen molar-refractivity contribution in [2.75, 3.05) is 26.4 Å². The third-order valence-corrected chi connectivity index (χ3v) is 0.865. The van der Waals surface area contributed by atoms with Crippen LogP contribution in [0.1, 0.15) is 21.6 Å². The molecule has 0 rings (SSSR count). The van der Waals surface area contributed by atoms with Gasteiger partial charge in [-0.05, 0) is 13.3 Å². The first-order valence-corrected chi connectivity index (χ1v) is 3.36. The Bertz CT molecular complexity index is 51.6. The van der Waals surface area contributed by atoms with Gasteiger partial charge < -0.3 is 9.47 Å². The van der Waals surface area contributed by atoms with Crippen molar-refractivity contribution in [1.82, 2.24) is 0 Å². The molecule has 0 atom stereocenters. The molecule has 0 radical (unpaired) electrons. The van der Waals surface area contributed by atoms with Crippen LogP contribution >= 0.6 is 0 Å². The van der Waals surface area contributed by atoms with Crippen molar-refractivity contribution in [2.45, 2.75) is 20.2 Å². The second-order valence-corrected chi connectivity index (χ2v) is 1.66. The number of hydrogen-bond acceptors (Lipinski definition) is 2. The Hall–Kier alpha value is -0.0800. The predicted molar refractivity (Wildman–Crippen MR) is 37.6 cm³/mol. The summed E-state index contributed by atoms with van der Waals surface area (Å²) in [6.45, 7) is 5.19. The molecule has 2 nitrogen and oxygen atoms in total. The molecule has 0 heterocycles. The first-order valence-electron chi connectivity index (χ1n) is 4.07. The lowest BCUT2D eigenvalue weighted by molar-refractivity contribution is 0.0531. The first-order chi connectivity index (χ1) is 4.91. The van der Waals surface area contributed by atoms with E-state index in [2.05, 4.69) is 0 Å². The minimum Gasteiger partial charge on any atom is -0.379 e. The van der Waals surface area contributed by atoms with Crippen LogP contribution in [0.5, 0.6) is 0 Å². The van der Waals surface area contributed by atoms with Crippen LogP contribution < -0.4 is 0 Å². The molecular weight excluding hydrogens is 116 g/mol. The van der Waals surface area contributed by atoms with Gasteiger partial charge in [-0.2, -0.15) is 0 Å². The topological polar surface area (TPSA) is 18.5 Å². The minimum atomic E-state index is 0.453. The van der Waals surface area contributed by atoms with Gasteiger partial charge in [0.1, 0.15) is 0 Å². The van der Waals surface area contributed by atoms with Crippen LogP contribution in [0.3, 0.4) is 0 Å². The van der Waals surface area contributed by atoms with E-state index >= 15 is 0 Å². The molecule has 9 heavy (non-hydrogen) atoms. The summed E-state index contributed by atoms with van der Waals surface area (Å²) in [6.07, 6.45) is 0.826. The molecule has 0 aromatic rings. The third-order valence-electron chi connectivity index (χ3n) is 0.865. The lowest BCUT2D eigenvalue weighted by Gasteiger charge is -2.00. The van der Waals surface area contributed by atoms with Gasteiger partial charge in [0, 0.05) is 14.6 Å². The van der Waals surface area contributed by atoms with Crippen LogP contribution in [-0.2, 0) is 9.47 Å². The highest BCUT2D eigenvalue weighted by Gasteiger charge is 1.83. The van der Waals surface area contributed by atoms with E-state index < -0.39 is 0 Å². The van der Waals surface area contributed by atoms with Gasteiger partial charge in [0.25, 0.3) is 0 Å². The van der Waals surface area contributed by atoms with E-state index in [0.717, 1.165) is 13.0 Å². The van der Waals surface area contributed by atoms with Gasteiger partial charge in [-0.25, -0.2) is 0 Å². The van der Waals surface area contributed by atoms with Crippen LogP contribution in [0.4, 0.5) is 0 Å². The average Bonchev–Trinajstić information content (AvgIpc) is 1.97. The van der Waals surface area contributed by atoms with Crippen molar-refractivity contribution in [1.29, 1.82) is 0 Å². The van der Waals surface area contributed by atoms with Gasteiger partial charge in [0.15, 0.2) is 0 Å². The quantitative estimate of drug-likeness (QED) is 0.512. The summed E-state index contributed by atoms with van der Waals surface area (Å²) < 4.78 is 17.0. The monoisotopic (exact) mass is 134 g/mol. The zero-order valence-corrected chi connectivity index (χ0v) is 6.06. The first kappa shape index (κ1) is 7.03. The predicted octanol–water partition coefficient (Wildman–Crippen LogP) is 1.45.